The summed E-state index contributed by atoms with van der Waals surface area (Å²) in [7, 11) is 3.90. The lowest BCUT2D eigenvalue weighted by Gasteiger charge is -2.12. The van der Waals surface area contributed by atoms with E-state index in [2.05, 4.69) is 6.92 Å². The van der Waals surface area contributed by atoms with Crippen LogP contribution in [-0.4, -0.2) is 43.9 Å². The lowest BCUT2D eigenvalue weighted by Crippen LogP contribution is -2.26. The third-order valence-corrected chi connectivity index (χ3v) is 2.06. The van der Waals surface area contributed by atoms with Crippen LogP contribution in [0.25, 0.3) is 0 Å². The first-order chi connectivity index (χ1) is 6.99. The molecule has 0 aromatic carbocycles. The Labute approximate surface area is 91.6 Å². The van der Waals surface area contributed by atoms with Crippen LogP contribution in [0.3, 0.4) is 0 Å². The molecule has 86 valence electrons. The number of ether oxygens (including phenoxy) is 1. The van der Waals surface area contributed by atoms with Crippen LogP contribution in [0.4, 0.5) is 0 Å². The Kier molecular flexibility index (Phi) is 6.79. The predicted octanol–water partition coefficient (Wildman–Crippen LogP) is 0.911. The minimum absolute atomic E-state index is 0.302. The molecular weight excluding hydrogens is 194 g/mol. The molecule has 0 aromatic heterocycles. The van der Waals surface area contributed by atoms with E-state index in [9.17, 15) is 9.59 Å². The molecular formula is C11H20NO3+. The van der Waals surface area contributed by atoms with Crippen LogP contribution >= 0.6 is 0 Å². The first kappa shape index (κ1) is 14.0. The second-order valence-electron chi connectivity index (χ2n) is 3.72. The molecule has 15 heavy (non-hydrogen) atoms. The molecule has 1 unspecified atom stereocenters. The topological polar surface area (TPSA) is 46.6 Å². The second-order valence-corrected chi connectivity index (χ2v) is 3.72. The van der Waals surface area contributed by atoms with Gasteiger partial charge in [0.25, 0.3) is 0 Å². The van der Waals surface area contributed by atoms with Gasteiger partial charge in [0.2, 0.25) is 0 Å². The maximum Gasteiger partial charge on any atom is 0.321 e. The molecule has 0 spiro atoms. The van der Waals surface area contributed by atoms with E-state index in [1.165, 1.54) is 0 Å². The minimum Gasteiger partial charge on any atom is -0.465 e. The summed E-state index contributed by atoms with van der Waals surface area (Å²) in [6.45, 7) is 6.16. The molecule has 0 aliphatic rings. The quantitative estimate of drug-likeness (QED) is 0.359. The van der Waals surface area contributed by atoms with Crippen LogP contribution in [0.1, 0.15) is 19.8 Å². The smallest absolute Gasteiger partial charge is 0.321 e. The van der Waals surface area contributed by atoms with E-state index in [1.807, 2.05) is 19.0 Å². The Morgan fingerprint density at radius 3 is 2.40 bits per heavy atom. The Morgan fingerprint density at radius 1 is 1.40 bits per heavy atom. The van der Waals surface area contributed by atoms with E-state index in [1.54, 1.807) is 6.92 Å². The molecule has 4 heteroatoms. The second kappa shape index (κ2) is 7.29. The van der Waals surface area contributed by atoms with Gasteiger partial charge in [-0.1, -0.05) is 0 Å². The first-order valence-corrected chi connectivity index (χ1v) is 5.16. The van der Waals surface area contributed by atoms with Crippen LogP contribution < -0.4 is 0 Å². The van der Waals surface area contributed by atoms with E-state index in [-0.39, 0.29) is 5.78 Å². The maximum atomic E-state index is 11.4. The maximum absolute atomic E-state index is 11.4. The summed E-state index contributed by atoms with van der Waals surface area (Å²) in [6, 6.07) is 0. The normalized spacial score (nSPS) is 12.5. The van der Waals surface area contributed by atoms with Crippen molar-refractivity contribution in [3.05, 3.63) is 6.92 Å². The van der Waals surface area contributed by atoms with Gasteiger partial charge in [-0.2, -0.15) is 0 Å². The fraction of sp³-hybridized carbons (Fsp3) is 0.727. The Morgan fingerprint density at radius 2 is 2.00 bits per heavy atom. The molecule has 0 saturated carbocycles. The highest BCUT2D eigenvalue weighted by Gasteiger charge is 2.28. The zero-order valence-electron chi connectivity index (χ0n) is 9.78. The summed E-state index contributed by atoms with van der Waals surface area (Å²) in [5.41, 5.74) is 0. The lowest BCUT2D eigenvalue weighted by atomic mass is 9.99. The van der Waals surface area contributed by atoms with Gasteiger partial charge < -0.3 is 9.64 Å². The standard InChI is InChI=1S/C11H20NO3/c1-5-15-11(14)10(9(2)13)7-6-8-12(3)4/h10H,2,5-8H2,1,3-4H3/q+1. The number of carbonyl (C=O) groups excluding carboxylic acids is 2. The Hall–Kier alpha value is -1.03. The highest BCUT2D eigenvalue weighted by atomic mass is 16.5. The van der Waals surface area contributed by atoms with Gasteiger partial charge in [-0.05, 0) is 40.4 Å². The van der Waals surface area contributed by atoms with Crippen molar-refractivity contribution in [2.45, 2.75) is 19.8 Å². The molecule has 0 saturated heterocycles. The zero-order chi connectivity index (χ0) is 11.8. The van der Waals surface area contributed by atoms with Gasteiger partial charge in [0.05, 0.1) is 6.61 Å². The van der Waals surface area contributed by atoms with E-state index >= 15 is 0 Å². The molecule has 0 heterocycles. The van der Waals surface area contributed by atoms with Gasteiger partial charge >= 0.3 is 11.8 Å². The lowest BCUT2D eigenvalue weighted by molar-refractivity contribution is -0.150. The third-order valence-electron chi connectivity index (χ3n) is 2.06. The van der Waals surface area contributed by atoms with Gasteiger partial charge in [-0.3, -0.25) is 4.79 Å². The van der Waals surface area contributed by atoms with Crippen LogP contribution in [0.15, 0.2) is 0 Å². The Bertz CT molecular complexity index is 214. The molecule has 0 fully saturated rings. The molecule has 0 aliphatic carbocycles. The molecule has 0 bridgehead atoms. The summed E-state index contributed by atoms with van der Waals surface area (Å²) >= 11 is 0. The van der Waals surface area contributed by atoms with Crippen molar-refractivity contribution in [3.8, 4) is 0 Å². The van der Waals surface area contributed by atoms with Crippen molar-refractivity contribution in [1.29, 1.82) is 0 Å². The van der Waals surface area contributed by atoms with Crippen molar-refractivity contribution in [1.82, 2.24) is 4.90 Å². The largest absolute Gasteiger partial charge is 0.465 e. The molecule has 0 rings (SSSR count). The summed E-state index contributed by atoms with van der Waals surface area (Å²) in [6.07, 6.45) is 1.30. The van der Waals surface area contributed by atoms with Crippen LogP contribution in [0.2, 0.25) is 0 Å². The van der Waals surface area contributed by atoms with Crippen molar-refractivity contribution in [3.63, 3.8) is 0 Å². The highest BCUT2D eigenvalue weighted by molar-refractivity contribution is 6.01. The molecule has 4 nitrogen and oxygen atoms in total. The molecule has 0 aromatic rings. The monoisotopic (exact) mass is 214 g/mol. The molecule has 0 aliphatic heterocycles. The van der Waals surface area contributed by atoms with E-state index < -0.39 is 11.9 Å². The molecule has 0 radical (unpaired) electrons. The van der Waals surface area contributed by atoms with Crippen molar-refractivity contribution < 1.29 is 14.3 Å². The zero-order valence-corrected chi connectivity index (χ0v) is 9.78. The van der Waals surface area contributed by atoms with Gasteiger partial charge in [-0.15, -0.1) is 0 Å². The van der Waals surface area contributed by atoms with E-state index in [0.717, 1.165) is 13.0 Å². The number of ketones is 1. The summed E-state index contributed by atoms with van der Waals surface area (Å²) < 4.78 is 4.81. The average Bonchev–Trinajstić information content (AvgIpc) is 2.11. The van der Waals surface area contributed by atoms with Gasteiger partial charge in [0, 0.05) is 0 Å². The number of carbonyl (C=O) groups is 2. The van der Waals surface area contributed by atoms with Crippen LogP contribution in [0.5, 0.6) is 0 Å². The van der Waals surface area contributed by atoms with Gasteiger partial charge in [0.15, 0.2) is 5.92 Å². The fourth-order valence-corrected chi connectivity index (χ4v) is 1.26. The van der Waals surface area contributed by atoms with Gasteiger partial charge in [-0.25, -0.2) is 4.79 Å². The van der Waals surface area contributed by atoms with Crippen molar-refractivity contribution in [2.75, 3.05) is 27.2 Å². The Balaban J connectivity index is 4.05. The fourth-order valence-electron chi connectivity index (χ4n) is 1.26. The summed E-state index contributed by atoms with van der Waals surface area (Å²) in [4.78, 5) is 24.5. The highest BCUT2D eigenvalue weighted by Crippen LogP contribution is 2.10. The van der Waals surface area contributed by atoms with Gasteiger partial charge in [0.1, 0.15) is 6.92 Å². The number of esters is 1. The summed E-state index contributed by atoms with van der Waals surface area (Å²) in [5, 5.41) is 0. The number of hydrogen-bond donors (Lipinski definition) is 0. The minimum atomic E-state index is -0.690. The SMILES string of the molecule is [CH2+]C(=O)C(CCCN(C)C)C(=O)OCC. The first-order valence-electron chi connectivity index (χ1n) is 5.16. The predicted molar refractivity (Wildman–Crippen MR) is 58.3 cm³/mol. The van der Waals surface area contributed by atoms with E-state index in [4.69, 9.17) is 4.74 Å². The van der Waals surface area contributed by atoms with E-state index in [0.29, 0.717) is 13.0 Å². The number of Topliss-reactive ketones (excluding diaryl/α,β-unsaturated/α-hetero) is 1. The third kappa shape index (κ3) is 6.12. The number of hydrogen-bond acceptors (Lipinski definition) is 4. The molecule has 0 N–H and O–H groups in total. The average molecular weight is 214 g/mol. The number of nitrogens with zero attached hydrogens (tertiary/aromatic N) is 1. The molecule has 0 amide bonds. The number of rotatable bonds is 7. The van der Waals surface area contributed by atoms with Crippen LogP contribution in [-0.2, 0) is 14.3 Å². The van der Waals surface area contributed by atoms with Crippen molar-refractivity contribution in [2.24, 2.45) is 5.92 Å². The van der Waals surface area contributed by atoms with Crippen LogP contribution in [0, 0.1) is 12.8 Å². The van der Waals surface area contributed by atoms with Crippen molar-refractivity contribution >= 4 is 11.8 Å². The molecule has 1 atom stereocenters. The summed E-state index contributed by atoms with van der Waals surface area (Å²) in [5.74, 6) is -1.49.